The predicted octanol–water partition coefficient (Wildman–Crippen LogP) is 5.78. The number of carbonyl (C=O) groups is 1. The minimum absolute atomic E-state index is 0.159. The molecule has 4 aromatic rings. The normalized spacial score (nSPS) is 18.8. The molecule has 0 aliphatic carbocycles. The molecule has 2 atom stereocenters. The number of aromatic nitrogens is 3. The zero-order valence-electron chi connectivity index (χ0n) is 27.3. The van der Waals surface area contributed by atoms with Gasteiger partial charge in [0.15, 0.2) is 8.46 Å². The van der Waals surface area contributed by atoms with Crippen LogP contribution >= 0.6 is 19.8 Å². The number of nitriles is 1. The van der Waals surface area contributed by atoms with Crippen molar-refractivity contribution >= 4 is 53.0 Å². The number of anilines is 1. The molecular formula is C33H40F3N8O2PS. The van der Waals surface area contributed by atoms with E-state index in [1.807, 2.05) is 6.07 Å². The van der Waals surface area contributed by atoms with E-state index in [-0.39, 0.29) is 31.5 Å². The lowest BCUT2D eigenvalue weighted by Crippen LogP contribution is -2.54. The first kappa shape index (κ1) is 35.8. The van der Waals surface area contributed by atoms with Gasteiger partial charge in [0.1, 0.15) is 35.0 Å². The molecule has 2 saturated heterocycles. The molecule has 0 radical (unpaired) electrons. The van der Waals surface area contributed by atoms with Crippen LogP contribution in [0.5, 0.6) is 0 Å². The molecule has 6 rings (SSSR count). The van der Waals surface area contributed by atoms with Gasteiger partial charge in [-0.1, -0.05) is 6.07 Å². The number of rotatable bonds is 9. The van der Waals surface area contributed by atoms with Gasteiger partial charge in [-0.3, -0.25) is 14.4 Å². The van der Waals surface area contributed by atoms with E-state index in [1.165, 1.54) is 17.5 Å². The molecule has 5 heterocycles. The number of nitrogens with one attached hydrogen (secondary N) is 2. The van der Waals surface area contributed by atoms with E-state index in [9.17, 15) is 23.2 Å². The lowest BCUT2D eigenvalue weighted by Gasteiger charge is -2.36. The molecule has 256 valence electrons. The van der Waals surface area contributed by atoms with Gasteiger partial charge in [-0.05, 0) is 56.0 Å². The molecule has 10 nitrogen and oxygen atoms in total. The summed E-state index contributed by atoms with van der Waals surface area (Å²) in [5.74, 6) is 0.594. The third kappa shape index (κ3) is 8.57. The number of aldehydes is 1. The SMILES string of the molecule is CP=O.Cc1c(CN2CCC(Nc3ncnc4sc(CC(F)(F)F)cc34)CC2)ccc2c1cc(C#N)n2CC(C)N1CCNC(C=O)C1. The van der Waals surface area contributed by atoms with Crippen LogP contribution in [-0.4, -0.2) is 94.3 Å². The van der Waals surface area contributed by atoms with Gasteiger partial charge in [0, 0.05) is 80.3 Å². The summed E-state index contributed by atoms with van der Waals surface area (Å²) in [4.78, 5) is 25.4. The lowest BCUT2D eigenvalue weighted by molar-refractivity contribution is -0.126. The highest BCUT2D eigenvalue weighted by Crippen LogP contribution is 2.33. The number of hydrogen-bond acceptors (Lipinski definition) is 10. The molecule has 0 bridgehead atoms. The average molecular weight is 701 g/mol. The number of halogens is 3. The summed E-state index contributed by atoms with van der Waals surface area (Å²) in [7, 11) is 0.167. The Bertz CT molecular complexity index is 1780. The first-order valence-corrected chi connectivity index (χ1v) is 18.1. The van der Waals surface area contributed by atoms with Gasteiger partial charge in [-0.2, -0.15) is 18.4 Å². The van der Waals surface area contributed by atoms with Crippen molar-refractivity contribution in [3.05, 3.63) is 52.3 Å². The molecular weight excluding hydrogens is 660 g/mol. The van der Waals surface area contributed by atoms with Gasteiger partial charge >= 0.3 is 6.18 Å². The van der Waals surface area contributed by atoms with E-state index in [1.54, 1.807) is 12.7 Å². The number of likely N-dealkylation sites (tertiary alicyclic amines) is 1. The Kier molecular flexibility index (Phi) is 11.8. The Morgan fingerprint density at radius 1 is 1.21 bits per heavy atom. The summed E-state index contributed by atoms with van der Waals surface area (Å²) in [5, 5.41) is 18.4. The minimum atomic E-state index is -4.26. The molecule has 0 spiro atoms. The second-order valence-electron chi connectivity index (χ2n) is 12.4. The number of fused-ring (bicyclic) bond motifs is 2. The zero-order chi connectivity index (χ0) is 34.4. The van der Waals surface area contributed by atoms with Crippen LogP contribution in [0.25, 0.3) is 21.1 Å². The number of carbonyl (C=O) groups excluding carboxylic acids is 1. The molecule has 48 heavy (non-hydrogen) atoms. The fourth-order valence-corrected chi connectivity index (χ4v) is 7.66. The summed E-state index contributed by atoms with van der Waals surface area (Å²) >= 11 is 1.06. The van der Waals surface area contributed by atoms with Crippen LogP contribution in [0.2, 0.25) is 0 Å². The van der Waals surface area contributed by atoms with E-state index in [4.69, 9.17) is 4.57 Å². The first-order chi connectivity index (χ1) is 23.0. The Morgan fingerprint density at radius 2 is 1.96 bits per heavy atom. The summed E-state index contributed by atoms with van der Waals surface area (Å²) in [5.41, 5.74) is 4.09. The third-order valence-electron chi connectivity index (χ3n) is 9.13. The number of nitrogens with zero attached hydrogens (tertiary/aromatic N) is 6. The first-order valence-electron chi connectivity index (χ1n) is 16.0. The van der Waals surface area contributed by atoms with Gasteiger partial charge in [0.05, 0.1) is 17.8 Å². The largest absolute Gasteiger partial charge is 0.393 e. The highest BCUT2D eigenvalue weighted by atomic mass is 32.1. The van der Waals surface area contributed by atoms with E-state index in [0.717, 1.165) is 74.1 Å². The maximum Gasteiger partial charge on any atom is 0.393 e. The zero-order valence-corrected chi connectivity index (χ0v) is 29.0. The van der Waals surface area contributed by atoms with Gasteiger partial charge in [0.25, 0.3) is 0 Å². The molecule has 2 aliphatic heterocycles. The Hall–Kier alpha value is -3.47. The molecule has 15 heteroatoms. The second-order valence-corrected chi connectivity index (χ2v) is 13.9. The molecule has 3 aromatic heterocycles. The van der Waals surface area contributed by atoms with Crippen molar-refractivity contribution in [3.63, 3.8) is 0 Å². The highest BCUT2D eigenvalue weighted by molar-refractivity contribution is 7.22. The predicted molar refractivity (Wildman–Crippen MR) is 183 cm³/mol. The molecule has 2 N–H and O–H groups in total. The number of piperazine rings is 1. The molecule has 2 fully saturated rings. The smallest absolute Gasteiger partial charge is 0.367 e. The maximum atomic E-state index is 12.9. The van der Waals surface area contributed by atoms with Crippen molar-refractivity contribution in [1.29, 1.82) is 5.26 Å². The third-order valence-corrected chi connectivity index (χ3v) is 10.2. The fraction of sp³-hybridized carbons (Fsp3) is 0.515. The molecule has 2 aliphatic rings. The Labute approximate surface area is 283 Å². The van der Waals surface area contributed by atoms with Gasteiger partial charge in [0.2, 0.25) is 0 Å². The molecule has 0 amide bonds. The van der Waals surface area contributed by atoms with Crippen LogP contribution in [0.1, 0.15) is 41.5 Å². The Balaban J connectivity index is 0.00000145. The lowest BCUT2D eigenvalue weighted by atomic mass is 10.0. The van der Waals surface area contributed by atoms with E-state index in [0.29, 0.717) is 34.8 Å². The van der Waals surface area contributed by atoms with Crippen LogP contribution in [-0.2, 0) is 28.9 Å². The topological polar surface area (TPSA) is 119 Å². The van der Waals surface area contributed by atoms with E-state index in [2.05, 4.69) is 67.0 Å². The van der Waals surface area contributed by atoms with E-state index >= 15 is 0 Å². The number of alkyl halides is 3. The summed E-state index contributed by atoms with van der Waals surface area (Å²) in [6.07, 6.45) is -1.07. The molecule has 0 saturated carbocycles. The van der Waals surface area contributed by atoms with E-state index < -0.39 is 12.6 Å². The minimum Gasteiger partial charge on any atom is -0.367 e. The fourth-order valence-electron chi connectivity index (χ4n) is 6.63. The van der Waals surface area contributed by atoms with Gasteiger partial charge < -0.3 is 20.0 Å². The van der Waals surface area contributed by atoms with Gasteiger partial charge in [-0.25, -0.2) is 9.97 Å². The van der Waals surface area contributed by atoms with Crippen molar-refractivity contribution in [2.24, 2.45) is 0 Å². The Morgan fingerprint density at radius 3 is 2.65 bits per heavy atom. The highest BCUT2D eigenvalue weighted by Gasteiger charge is 2.30. The number of hydrogen-bond donors (Lipinski definition) is 2. The average Bonchev–Trinajstić information content (AvgIpc) is 3.64. The summed E-state index contributed by atoms with van der Waals surface area (Å²) in [6, 6.07) is 10.4. The number of thiophene rings is 1. The second kappa shape index (κ2) is 15.8. The molecule has 1 aromatic carbocycles. The molecule has 2 unspecified atom stereocenters. The quantitative estimate of drug-likeness (QED) is 0.166. The van der Waals surface area contributed by atoms with Crippen LogP contribution < -0.4 is 10.6 Å². The maximum absolute atomic E-state index is 12.9. The van der Waals surface area contributed by atoms with Crippen LogP contribution in [0.15, 0.2) is 30.6 Å². The van der Waals surface area contributed by atoms with Crippen LogP contribution in [0, 0.1) is 18.3 Å². The van der Waals surface area contributed by atoms with Crippen molar-refractivity contribution in [2.75, 3.05) is 44.7 Å². The van der Waals surface area contributed by atoms with Gasteiger partial charge in [-0.15, -0.1) is 11.3 Å². The summed E-state index contributed by atoms with van der Waals surface area (Å²) < 4.78 is 49.8. The van der Waals surface area contributed by atoms with Crippen molar-refractivity contribution in [3.8, 4) is 6.07 Å². The van der Waals surface area contributed by atoms with Crippen LogP contribution in [0.4, 0.5) is 19.0 Å². The number of benzene rings is 1. The standard InChI is InChI=1S/C32H37F3N8OS.CH3OP/c1-20(42-10-7-37-24(17-42)18-44)15-43-25(14-36)11-27-21(2)22(3-4-29(27)43)16-41-8-5-23(6-9-41)40-30-28-12-26(13-32(33,34)35)45-31(28)39-19-38-30;1-3-2/h3-4,11-12,18-20,23-24,37H,5-10,13,15-17H2,1-2H3,(H,38,39,40);1H3. The van der Waals surface area contributed by atoms with Crippen molar-refractivity contribution in [1.82, 2.24) is 29.7 Å². The summed E-state index contributed by atoms with van der Waals surface area (Å²) in [6.45, 7) is 11.3. The van der Waals surface area contributed by atoms with Crippen molar-refractivity contribution in [2.45, 2.75) is 70.5 Å². The number of aryl methyl sites for hydroxylation is 1. The number of piperidine rings is 1. The van der Waals surface area contributed by atoms with Crippen LogP contribution in [0.3, 0.4) is 0 Å². The van der Waals surface area contributed by atoms with Crippen molar-refractivity contribution < 1.29 is 22.5 Å². The monoisotopic (exact) mass is 700 g/mol.